The highest BCUT2D eigenvalue weighted by Crippen LogP contribution is 2.36. The van der Waals surface area contributed by atoms with Crippen molar-refractivity contribution in [1.82, 2.24) is 5.32 Å². The second-order valence-corrected chi connectivity index (χ2v) is 4.52. The van der Waals surface area contributed by atoms with Crippen molar-refractivity contribution in [3.05, 3.63) is 29.8 Å². The maximum absolute atomic E-state index is 5.99. The van der Waals surface area contributed by atoms with Crippen LogP contribution in [0.3, 0.4) is 0 Å². The molecular formula is C13H19NO. The number of nitrogens with one attached hydrogen (secondary N) is 1. The van der Waals surface area contributed by atoms with Crippen LogP contribution in [-0.2, 0) is 0 Å². The van der Waals surface area contributed by atoms with Gasteiger partial charge in [-0.2, -0.15) is 0 Å². The van der Waals surface area contributed by atoms with Crippen molar-refractivity contribution in [2.24, 2.45) is 5.92 Å². The monoisotopic (exact) mass is 205 g/mol. The third kappa shape index (κ3) is 2.00. The third-order valence-corrected chi connectivity index (χ3v) is 3.13. The summed E-state index contributed by atoms with van der Waals surface area (Å²) in [6.45, 7) is 4.43. The van der Waals surface area contributed by atoms with Crippen LogP contribution in [0.25, 0.3) is 0 Å². The van der Waals surface area contributed by atoms with Crippen molar-refractivity contribution in [2.45, 2.75) is 32.4 Å². The normalized spacial score (nSPS) is 24.8. The van der Waals surface area contributed by atoms with Crippen LogP contribution in [0.2, 0.25) is 0 Å². The molecule has 1 aromatic carbocycles. The molecule has 1 aliphatic rings. The van der Waals surface area contributed by atoms with E-state index in [9.17, 15) is 0 Å². The maximum Gasteiger partial charge on any atom is 0.124 e. The van der Waals surface area contributed by atoms with Crippen LogP contribution in [-0.4, -0.2) is 13.2 Å². The Morgan fingerprint density at radius 3 is 2.73 bits per heavy atom. The van der Waals surface area contributed by atoms with Crippen molar-refractivity contribution in [3.63, 3.8) is 0 Å². The molecule has 0 fully saturated rings. The Labute approximate surface area is 91.6 Å². The molecule has 1 heterocycles. The van der Waals surface area contributed by atoms with Crippen molar-refractivity contribution in [3.8, 4) is 5.75 Å². The molecule has 0 saturated heterocycles. The lowest BCUT2D eigenvalue weighted by atomic mass is 9.91. The smallest absolute Gasteiger partial charge is 0.124 e. The van der Waals surface area contributed by atoms with E-state index in [0.29, 0.717) is 18.1 Å². The van der Waals surface area contributed by atoms with Gasteiger partial charge in [-0.3, -0.25) is 0 Å². The minimum Gasteiger partial charge on any atom is -0.490 e. The van der Waals surface area contributed by atoms with Crippen molar-refractivity contribution in [1.29, 1.82) is 0 Å². The average Bonchev–Trinajstić information content (AvgIpc) is 2.27. The van der Waals surface area contributed by atoms with Crippen LogP contribution < -0.4 is 10.1 Å². The molecule has 0 aromatic heterocycles. The molecule has 2 rings (SSSR count). The minimum absolute atomic E-state index is 0.331. The fraction of sp³-hybridized carbons (Fsp3) is 0.538. The van der Waals surface area contributed by atoms with Crippen molar-refractivity contribution >= 4 is 0 Å². The second kappa shape index (κ2) is 4.23. The highest BCUT2D eigenvalue weighted by Gasteiger charge is 2.28. The van der Waals surface area contributed by atoms with Gasteiger partial charge < -0.3 is 10.1 Å². The van der Waals surface area contributed by atoms with Gasteiger partial charge in [0.25, 0.3) is 0 Å². The van der Waals surface area contributed by atoms with Gasteiger partial charge in [0.1, 0.15) is 11.9 Å². The van der Waals surface area contributed by atoms with Crippen LogP contribution in [0.4, 0.5) is 0 Å². The summed E-state index contributed by atoms with van der Waals surface area (Å²) in [6, 6.07) is 8.75. The molecule has 1 aromatic rings. The molecule has 0 spiro atoms. The van der Waals surface area contributed by atoms with Gasteiger partial charge >= 0.3 is 0 Å². The molecule has 0 bridgehead atoms. The number of benzene rings is 1. The third-order valence-electron chi connectivity index (χ3n) is 3.13. The highest BCUT2D eigenvalue weighted by atomic mass is 16.5. The van der Waals surface area contributed by atoms with Crippen LogP contribution in [0.1, 0.15) is 31.9 Å². The van der Waals surface area contributed by atoms with Gasteiger partial charge in [-0.1, -0.05) is 32.0 Å². The average molecular weight is 205 g/mol. The fourth-order valence-electron chi connectivity index (χ4n) is 2.13. The van der Waals surface area contributed by atoms with Gasteiger partial charge in [0, 0.05) is 18.0 Å². The first-order valence-electron chi connectivity index (χ1n) is 5.65. The molecule has 15 heavy (non-hydrogen) atoms. The van der Waals surface area contributed by atoms with Gasteiger partial charge in [-0.05, 0) is 19.0 Å². The Balaban J connectivity index is 2.30. The topological polar surface area (TPSA) is 21.3 Å². The zero-order chi connectivity index (χ0) is 10.8. The lowest BCUT2D eigenvalue weighted by Crippen LogP contribution is -2.34. The van der Waals surface area contributed by atoms with Gasteiger partial charge in [0.15, 0.2) is 0 Å². The van der Waals surface area contributed by atoms with Crippen LogP contribution in [0.5, 0.6) is 5.75 Å². The first-order chi connectivity index (χ1) is 7.22. The minimum atomic E-state index is 0.331. The lowest BCUT2D eigenvalue weighted by Gasteiger charge is -2.34. The van der Waals surface area contributed by atoms with E-state index in [-0.39, 0.29) is 0 Å². The van der Waals surface area contributed by atoms with E-state index in [1.165, 1.54) is 5.56 Å². The van der Waals surface area contributed by atoms with E-state index >= 15 is 0 Å². The quantitative estimate of drug-likeness (QED) is 0.801. The van der Waals surface area contributed by atoms with Crippen LogP contribution in [0, 0.1) is 5.92 Å². The zero-order valence-electron chi connectivity index (χ0n) is 9.66. The fourth-order valence-corrected chi connectivity index (χ4v) is 2.13. The molecule has 2 unspecified atom stereocenters. The summed E-state index contributed by atoms with van der Waals surface area (Å²) >= 11 is 0. The van der Waals surface area contributed by atoms with Gasteiger partial charge in [0.05, 0.1) is 0 Å². The van der Waals surface area contributed by atoms with Crippen molar-refractivity contribution in [2.75, 3.05) is 7.05 Å². The summed E-state index contributed by atoms with van der Waals surface area (Å²) < 4.78 is 5.99. The SMILES string of the molecule is CNC1CC(C(C)C)Oc2ccccc21. The molecular weight excluding hydrogens is 186 g/mol. The van der Waals surface area contributed by atoms with Crippen LogP contribution in [0.15, 0.2) is 24.3 Å². The molecule has 0 amide bonds. The molecule has 1 N–H and O–H groups in total. The zero-order valence-corrected chi connectivity index (χ0v) is 9.66. The summed E-state index contributed by atoms with van der Waals surface area (Å²) in [5.74, 6) is 1.61. The largest absolute Gasteiger partial charge is 0.490 e. The summed E-state index contributed by atoms with van der Waals surface area (Å²) in [5, 5.41) is 3.36. The molecule has 2 heteroatoms. The molecule has 1 aliphatic heterocycles. The number of hydrogen-bond donors (Lipinski definition) is 1. The number of ether oxygens (including phenoxy) is 1. The van der Waals surface area contributed by atoms with Gasteiger partial charge in [-0.15, -0.1) is 0 Å². The molecule has 0 aliphatic carbocycles. The first-order valence-corrected chi connectivity index (χ1v) is 5.65. The molecule has 2 atom stereocenters. The predicted octanol–water partition coefficient (Wildman–Crippen LogP) is 2.75. The number of hydrogen-bond acceptors (Lipinski definition) is 2. The summed E-state index contributed by atoms with van der Waals surface area (Å²) in [6.07, 6.45) is 1.39. The number of para-hydroxylation sites is 1. The lowest BCUT2D eigenvalue weighted by molar-refractivity contribution is 0.109. The van der Waals surface area contributed by atoms with Gasteiger partial charge in [-0.25, -0.2) is 0 Å². The standard InChI is InChI=1S/C13H19NO/c1-9(2)13-8-11(14-3)10-6-4-5-7-12(10)15-13/h4-7,9,11,13-14H,8H2,1-3H3. The Hall–Kier alpha value is -1.02. The van der Waals surface area contributed by atoms with E-state index in [0.717, 1.165) is 12.2 Å². The Morgan fingerprint density at radius 2 is 2.07 bits per heavy atom. The van der Waals surface area contributed by atoms with E-state index in [1.807, 2.05) is 13.1 Å². The Bertz CT molecular complexity index is 335. The van der Waals surface area contributed by atoms with Crippen molar-refractivity contribution < 1.29 is 4.74 Å². The van der Waals surface area contributed by atoms with E-state index in [4.69, 9.17) is 4.74 Å². The van der Waals surface area contributed by atoms with E-state index in [2.05, 4.69) is 37.4 Å². The summed E-state index contributed by atoms with van der Waals surface area (Å²) in [5.41, 5.74) is 1.29. The summed E-state index contributed by atoms with van der Waals surface area (Å²) in [4.78, 5) is 0. The maximum atomic E-state index is 5.99. The first kappa shape index (κ1) is 10.5. The molecule has 0 saturated carbocycles. The molecule has 0 radical (unpaired) electrons. The highest BCUT2D eigenvalue weighted by molar-refractivity contribution is 5.37. The number of rotatable bonds is 2. The van der Waals surface area contributed by atoms with E-state index < -0.39 is 0 Å². The van der Waals surface area contributed by atoms with Gasteiger partial charge in [0.2, 0.25) is 0 Å². The second-order valence-electron chi connectivity index (χ2n) is 4.52. The summed E-state index contributed by atoms with van der Waals surface area (Å²) in [7, 11) is 2.02. The Kier molecular flexibility index (Phi) is 2.96. The Morgan fingerprint density at radius 1 is 1.33 bits per heavy atom. The predicted molar refractivity (Wildman–Crippen MR) is 62.1 cm³/mol. The van der Waals surface area contributed by atoms with Crippen LogP contribution >= 0.6 is 0 Å². The molecule has 2 nitrogen and oxygen atoms in total. The number of fused-ring (bicyclic) bond motifs is 1. The molecule has 82 valence electrons. The van der Waals surface area contributed by atoms with E-state index in [1.54, 1.807) is 0 Å².